The number of nitrogens with zero attached hydrogens (tertiary/aromatic N) is 1. The highest BCUT2D eigenvalue weighted by molar-refractivity contribution is 7.05. The van der Waals surface area contributed by atoms with Crippen LogP contribution >= 0.6 is 0 Å². The van der Waals surface area contributed by atoms with E-state index in [1.54, 1.807) is 0 Å². The Labute approximate surface area is 218 Å². The molecule has 0 spiro atoms. The van der Waals surface area contributed by atoms with Gasteiger partial charge in [-0.15, -0.1) is 0 Å². The Balaban J connectivity index is 2.59. The van der Waals surface area contributed by atoms with Crippen molar-refractivity contribution in [3.63, 3.8) is 0 Å². The molecule has 1 nitrogen and oxygen atoms in total. The van der Waals surface area contributed by atoms with E-state index >= 15 is 26.3 Å². The monoisotopic (exact) mass is 605 g/mol. The van der Waals surface area contributed by atoms with Crippen LogP contribution in [0.5, 0.6) is 0 Å². The molecule has 41 heavy (non-hydrogen) atoms. The van der Waals surface area contributed by atoms with E-state index in [1.165, 1.54) is 0 Å². The van der Waals surface area contributed by atoms with E-state index in [0.717, 1.165) is 19.1 Å². The fourth-order valence-electron chi connectivity index (χ4n) is 4.79. The first-order valence-corrected chi connectivity index (χ1v) is 10.7. The third-order valence-electron chi connectivity index (χ3n) is 6.50. The zero-order valence-corrected chi connectivity index (χ0v) is 19.5. The molecular formula is C24H7BF15N. The van der Waals surface area contributed by atoms with Gasteiger partial charge in [0.25, 0.3) is 0 Å². The average molecular weight is 605 g/mol. The lowest BCUT2D eigenvalue weighted by molar-refractivity contribution is -0.547. The SMILES string of the molecule is Cc1cccc[n+]1[B-](c1c(F)c(F)c(F)c(F)c1F)(c1c(F)c(F)c(F)c(F)c1F)c1c(F)c(F)c(F)c(F)c1F. The van der Waals surface area contributed by atoms with E-state index < -0.39 is 116 Å². The summed E-state index contributed by atoms with van der Waals surface area (Å²) in [4.78, 5) is 0. The Morgan fingerprint density at radius 1 is 0.390 bits per heavy atom. The molecule has 17 heteroatoms. The summed E-state index contributed by atoms with van der Waals surface area (Å²) in [6.45, 7) is 0.778. The van der Waals surface area contributed by atoms with Gasteiger partial charge in [0.15, 0.2) is 52.4 Å². The first-order chi connectivity index (χ1) is 19.0. The van der Waals surface area contributed by atoms with Crippen molar-refractivity contribution in [1.82, 2.24) is 0 Å². The van der Waals surface area contributed by atoms with Crippen LogP contribution < -0.4 is 20.9 Å². The lowest BCUT2D eigenvalue weighted by atomic mass is 9.23. The molecule has 0 amide bonds. The van der Waals surface area contributed by atoms with Gasteiger partial charge in [-0.1, -0.05) is 6.07 Å². The highest BCUT2D eigenvalue weighted by atomic mass is 19.2. The Kier molecular flexibility index (Phi) is 7.29. The minimum atomic E-state index is -5.83. The maximum absolute atomic E-state index is 15.4. The van der Waals surface area contributed by atoms with E-state index in [2.05, 4.69) is 0 Å². The molecule has 0 fully saturated rings. The van der Waals surface area contributed by atoms with Gasteiger partial charge in [-0.3, -0.25) is 0 Å². The second-order valence-corrected chi connectivity index (χ2v) is 8.52. The molecule has 4 aromatic rings. The molecule has 0 N–H and O–H groups in total. The normalized spacial score (nSPS) is 11.9. The molecule has 0 unspecified atom stereocenters. The summed E-state index contributed by atoms with van der Waals surface area (Å²) in [5.41, 5.74) is -8.84. The topological polar surface area (TPSA) is 3.88 Å². The highest BCUT2D eigenvalue weighted by Crippen LogP contribution is 2.27. The van der Waals surface area contributed by atoms with Gasteiger partial charge in [0.05, 0.1) is 0 Å². The molecule has 0 saturated heterocycles. The molecule has 0 atom stereocenters. The van der Waals surface area contributed by atoms with Gasteiger partial charge in [0.1, 0.15) is 46.8 Å². The largest absolute Gasteiger partial charge is 0.412 e. The molecule has 1 heterocycles. The number of hydrogen-bond donors (Lipinski definition) is 0. The molecule has 0 saturated carbocycles. The van der Waals surface area contributed by atoms with Gasteiger partial charge in [-0.25, -0.2) is 65.9 Å². The van der Waals surface area contributed by atoms with Crippen molar-refractivity contribution in [3.8, 4) is 0 Å². The number of rotatable bonds is 4. The number of benzene rings is 3. The third-order valence-corrected chi connectivity index (χ3v) is 6.50. The van der Waals surface area contributed by atoms with Crippen molar-refractivity contribution >= 4 is 22.7 Å². The van der Waals surface area contributed by atoms with E-state index in [0.29, 0.717) is 12.3 Å². The summed E-state index contributed by atoms with van der Waals surface area (Å²) in [7, 11) is 0. The van der Waals surface area contributed by atoms with Gasteiger partial charge in [0, 0.05) is 6.92 Å². The second kappa shape index (κ2) is 10.0. The second-order valence-electron chi connectivity index (χ2n) is 8.52. The van der Waals surface area contributed by atoms with Crippen molar-refractivity contribution in [2.75, 3.05) is 0 Å². The number of hydrogen-bond acceptors (Lipinski definition) is 0. The molecule has 0 radical (unpaired) electrons. The van der Waals surface area contributed by atoms with E-state index in [9.17, 15) is 39.5 Å². The highest BCUT2D eigenvalue weighted by Gasteiger charge is 2.57. The van der Waals surface area contributed by atoms with Gasteiger partial charge in [-0.2, -0.15) is 0 Å². The quantitative estimate of drug-likeness (QED) is 0.135. The van der Waals surface area contributed by atoms with E-state index in [1.807, 2.05) is 0 Å². The molecule has 0 aliphatic heterocycles. The Morgan fingerprint density at radius 2 is 0.634 bits per heavy atom. The summed E-state index contributed by atoms with van der Waals surface area (Å²) >= 11 is 0. The van der Waals surface area contributed by atoms with Crippen LogP contribution in [-0.2, 0) is 0 Å². The van der Waals surface area contributed by atoms with Crippen LogP contribution in [0, 0.1) is 94.2 Å². The number of aryl methyl sites for hydroxylation is 1. The minimum Gasteiger partial charge on any atom is -0.412 e. The Morgan fingerprint density at radius 3 is 0.878 bits per heavy atom. The van der Waals surface area contributed by atoms with Gasteiger partial charge < -0.3 is 4.48 Å². The van der Waals surface area contributed by atoms with Crippen LogP contribution in [0.4, 0.5) is 65.9 Å². The summed E-state index contributed by atoms with van der Waals surface area (Å²) in [5.74, 6) is -45.6. The van der Waals surface area contributed by atoms with Crippen LogP contribution in [0.25, 0.3) is 0 Å². The minimum absolute atomic E-state index is 0.130. The Bertz CT molecular complexity index is 1520. The first kappa shape index (κ1) is 29.8. The molecule has 1 aromatic heterocycles. The van der Waals surface area contributed by atoms with Crippen LogP contribution in [0.15, 0.2) is 24.4 Å². The zero-order valence-electron chi connectivity index (χ0n) is 19.5. The van der Waals surface area contributed by atoms with Crippen LogP contribution in [-0.4, -0.2) is 6.28 Å². The molecule has 4 rings (SSSR count). The van der Waals surface area contributed by atoms with Gasteiger partial charge in [-0.05, 0) is 28.5 Å². The van der Waals surface area contributed by atoms with Crippen LogP contribution in [0.3, 0.4) is 0 Å². The molecular weight excluding hydrogens is 598 g/mol. The molecule has 216 valence electrons. The lowest BCUT2D eigenvalue weighted by Crippen LogP contribution is -2.89. The molecule has 0 bridgehead atoms. The van der Waals surface area contributed by atoms with E-state index in [4.69, 9.17) is 0 Å². The fraction of sp³-hybridized carbons (Fsp3) is 0.0417. The van der Waals surface area contributed by atoms with Crippen molar-refractivity contribution in [3.05, 3.63) is 117 Å². The van der Waals surface area contributed by atoms with Gasteiger partial charge >= 0.3 is 6.28 Å². The first-order valence-electron chi connectivity index (χ1n) is 10.7. The molecule has 0 aliphatic rings. The lowest BCUT2D eigenvalue weighted by Gasteiger charge is -2.38. The van der Waals surface area contributed by atoms with E-state index in [-0.39, 0.29) is 4.48 Å². The summed E-state index contributed by atoms with van der Waals surface area (Å²) in [6, 6.07) is 2.50. The zero-order chi connectivity index (χ0) is 30.9. The summed E-state index contributed by atoms with van der Waals surface area (Å²) < 4.78 is 221. The standard InChI is InChI=1S/C24H7BF15N/c1-6-4-2-3-5-41(6)25(7-10(26)16(32)22(38)17(33)11(7)27,8-12(28)18(34)23(39)19(35)13(8)29)9-14(30)20(36)24(40)21(37)15(9)31/h2-5H,1H3. The number of pyridine rings is 1. The van der Waals surface area contributed by atoms with Crippen molar-refractivity contribution in [2.24, 2.45) is 0 Å². The number of aromatic nitrogens is 1. The third kappa shape index (κ3) is 3.88. The van der Waals surface area contributed by atoms with Crippen LogP contribution in [0.2, 0.25) is 0 Å². The van der Waals surface area contributed by atoms with Crippen molar-refractivity contribution in [2.45, 2.75) is 6.92 Å². The predicted octanol–water partition coefficient (Wildman–Crippen LogP) is 4.88. The molecule has 3 aromatic carbocycles. The summed E-state index contributed by atoms with van der Waals surface area (Å²) in [5, 5.41) is 0. The van der Waals surface area contributed by atoms with Crippen molar-refractivity contribution < 1.29 is 70.3 Å². The van der Waals surface area contributed by atoms with Crippen LogP contribution in [0.1, 0.15) is 5.69 Å². The maximum atomic E-state index is 15.4. The molecule has 0 aliphatic carbocycles. The van der Waals surface area contributed by atoms with Gasteiger partial charge in [0.2, 0.25) is 0 Å². The number of halogens is 15. The van der Waals surface area contributed by atoms with Crippen molar-refractivity contribution in [1.29, 1.82) is 0 Å². The fourth-order valence-corrected chi connectivity index (χ4v) is 4.79. The maximum Gasteiger partial charge on any atom is 0.377 e. The predicted molar refractivity (Wildman–Crippen MR) is 110 cm³/mol. The average Bonchev–Trinajstić information content (AvgIpc) is 2.95. The Hall–Kier alpha value is -4.18. The summed E-state index contributed by atoms with van der Waals surface area (Å²) in [6.07, 6.45) is -5.47. The smallest absolute Gasteiger partial charge is 0.377 e.